The summed E-state index contributed by atoms with van der Waals surface area (Å²) in [6, 6.07) is 19.3. The molecular formula is C21H18ClN3O2. The number of benzene rings is 3. The van der Waals surface area contributed by atoms with Crippen LogP contribution in [0.25, 0.3) is 0 Å². The standard InChI is InChI=1S/C21H18ClN3O2/c1-14-3-2-4-17(11-14)24-20-12-16(22)7-10-19(20)21(27)25-23-13-15-5-8-18(26)9-6-15/h2-13,24,26H,1H3,(H,25,27)/b23-13+. The minimum Gasteiger partial charge on any atom is -0.508 e. The molecule has 3 rings (SSSR count). The van der Waals surface area contributed by atoms with Gasteiger partial charge in [-0.05, 0) is 72.6 Å². The van der Waals surface area contributed by atoms with Crippen LogP contribution in [0.5, 0.6) is 5.75 Å². The number of anilines is 2. The van der Waals surface area contributed by atoms with Crippen LogP contribution < -0.4 is 10.7 Å². The molecule has 6 heteroatoms. The van der Waals surface area contributed by atoms with E-state index in [2.05, 4.69) is 15.8 Å². The van der Waals surface area contributed by atoms with E-state index in [0.717, 1.165) is 16.8 Å². The molecule has 3 aromatic rings. The number of hydrogen-bond donors (Lipinski definition) is 3. The molecule has 0 aromatic heterocycles. The summed E-state index contributed by atoms with van der Waals surface area (Å²) in [5.74, 6) is -0.193. The van der Waals surface area contributed by atoms with Crippen molar-refractivity contribution in [1.29, 1.82) is 0 Å². The first-order valence-electron chi connectivity index (χ1n) is 8.27. The number of aryl methyl sites for hydroxylation is 1. The van der Waals surface area contributed by atoms with Crippen LogP contribution in [0.1, 0.15) is 21.5 Å². The number of carbonyl (C=O) groups is 1. The molecule has 0 saturated carbocycles. The van der Waals surface area contributed by atoms with Crippen LogP contribution in [0.2, 0.25) is 5.02 Å². The fourth-order valence-electron chi connectivity index (χ4n) is 2.48. The molecule has 0 radical (unpaired) electrons. The number of hydrazone groups is 1. The van der Waals surface area contributed by atoms with Crippen LogP contribution in [0, 0.1) is 6.92 Å². The van der Waals surface area contributed by atoms with Gasteiger partial charge >= 0.3 is 0 Å². The number of amides is 1. The average Bonchev–Trinajstić information content (AvgIpc) is 2.63. The van der Waals surface area contributed by atoms with Crippen LogP contribution >= 0.6 is 11.6 Å². The molecule has 0 heterocycles. The Balaban J connectivity index is 1.76. The number of phenolic OH excluding ortho intramolecular Hbond substituents is 1. The predicted molar refractivity (Wildman–Crippen MR) is 109 cm³/mol. The summed E-state index contributed by atoms with van der Waals surface area (Å²) in [5, 5.41) is 17.0. The van der Waals surface area contributed by atoms with Crippen molar-refractivity contribution in [3.63, 3.8) is 0 Å². The zero-order valence-electron chi connectivity index (χ0n) is 14.6. The molecule has 0 bridgehead atoms. The quantitative estimate of drug-likeness (QED) is 0.437. The van der Waals surface area contributed by atoms with Gasteiger partial charge in [0, 0.05) is 10.7 Å². The van der Waals surface area contributed by atoms with Crippen LogP contribution in [0.15, 0.2) is 71.8 Å². The maximum absolute atomic E-state index is 12.5. The van der Waals surface area contributed by atoms with Crippen LogP contribution in [0.4, 0.5) is 11.4 Å². The Morgan fingerprint density at radius 1 is 1.07 bits per heavy atom. The largest absolute Gasteiger partial charge is 0.508 e. The minimum absolute atomic E-state index is 0.171. The zero-order chi connectivity index (χ0) is 19.2. The van der Waals surface area contributed by atoms with E-state index in [1.165, 1.54) is 6.21 Å². The normalized spacial score (nSPS) is 10.7. The second-order valence-electron chi connectivity index (χ2n) is 5.98. The van der Waals surface area contributed by atoms with Gasteiger partial charge in [0.25, 0.3) is 5.91 Å². The maximum Gasteiger partial charge on any atom is 0.273 e. The van der Waals surface area contributed by atoms with Crippen molar-refractivity contribution in [3.8, 4) is 5.75 Å². The number of nitrogens with zero attached hydrogens (tertiary/aromatic N) is 1. The number of rotatable bonds is 5. The molecular weight excluding hydrogens is 362 g/mol. The van der Waals surface area contributed by atoms with Gasteiger partial charge in [-0.3, -0.25) is 4.79 Å². The molecule has 0 saturated heterocycles. The first kappa shape index (κ1) is 18.5. The summed E-state index contributed by atoms with van der Waals surface area (Å²) in [7, 11) is 0. The van der Waals surface area contributed by atoms with E-state index >= 15 is 0 Å². The Labute approximate surface area is 162 Å². The van der Waals surface area contributed by atoms with Gasteiger partial charge < -0.3 is 10.4 Å². The lowest BCUT2D eigenvalue weighted by molar-refractivity contribution is 0.0956. The molecule has 1 amide bonds. The van der Waals surface area contributed by atoms with Gasteiger partial charge in [-0.2, -0.15) is 5.10 Å². The summed E-state index contributed by atoms with van der Waals surface area (Å²) < 4.78 is 0. The van der Waals surface area contributed by atoms with Gasteiger partial charge in [0.05, 0.1) is 17.5 Å². The summed E-state index contributed by atoms with van der Waals surface area (Å²) in [4.78, 5) is 12.5. The highest BCUT2D eigenvalue weighted by Crippen LogP contribution is 2.25. The van der Waals surface area contributed by atoms with E-state index in [4.69, 9.17) is 11.6 Å². The van der Waals surface area contributed by atoms with Gasteiger partial charge in [-0.1, -0.05) is 23.7 Å². The summed E-state index contributed by atoms with van der Waals surface area (Å²) in [6.07, 6.45) is 1.50. The lowest BCUT2D eigenvalue weighted by Crippen LogP contribution is -2.19. The number of phenols is 1. The van der Waals surface area contributed by atoms with E-state index in [0.29, 0.717) is 16.3 Å². The second kappa shape index (κ2) is 8.38. The van der Waals surface area contributed by atoms with E-state index in [9.17, 15) is 9.90 Å². The van der Waals surface area contributed by atoms with Crippen molar-refractivity contribution in [2.75, 3.05) is 5.32 Å². The molecule has 0 unspecified atom stereocenters. The highest BCUT2D eigenvalue weighted by atomic mass is 35.5. The second-order valence-corrected chi connectivity index (χ2v) is 6.41. The Morgan fingerprint density at radius 3 is 2.59 bits per heavy atom. The Kier molecular flexibility index (Phi) is 5.74. The summed E-state index contributed by atoms with van der Waals surface area (Å²) >= 11 is 6.09. The van der Waals surface area contributed by atoms with Gasteiger partial charge in [0.15, 0.2) is 0 Å². The SMILES string of the molecule is Cc1cccc(Nc2cc(Cl)ccc2C(=O)N/N=C/c2ccc(O)cc2)c1. The molecule has 5 nitrogen and oxygen atoms in total. The topological polar surface area (TPSA) is 73.7 Å². The van der Waals surface area contributed by atoms with Crippen molar-refractivity contribution < 1.29 is 9.90 Å². The van der Waals surface area contributed by atoms with Crippen molar-refractivity contribution >= 4 is 35.1 Å². The lowest BCUT2D eigenvalue weighted by atomic mass is 10.1. The number of aromatic hydroxyl groups is 1. The highest BCUT2D eigenvalue weighted by Gasteiger charge is 2.12. The minimum atomic E-state index is -0.364. The predicted octanol–water partition coefficient (Wildman–Crippen LogP) is 4.86. The van der Waals surface area contributed by atoms with Crippen LogP contribution in [-0.2, 0) is 0 Å². The van der Waals surface area contributed by atoms with Gasteiger partial charge in [-0.15, -0.1) is 0 Å². The highest BCUT2D eigenvalue weighted by molar-refractivity contribution is 6.31. The average molecular weight is 380 g/mol. The molecule has 0 aliphatic rings. The number of halogens is 1. The van der Waals surface area contributed by atoms with E-state index in [1.54, 1.807) is 42.5 Å². The molecule has 27 heavy (non-hydrogen) atoms. The Hall–Kier alpha value is -3.31. The smallest absolute Gasteiger partial charge is 0.273 e. The number of hydrogen-bond acceptors (Lipinski definition) is 4. The van der Waals surface area contributed by atoms with Crippen LogP contribution in [0.3, 0.4) is 0 Å². The van der Waals surface area contributed by atoms with Crippen molar-refractivity contribution in [3.05, 3.63) is 88.4 Å². The fraction of sp³-hybridized carbons (Fsp3) is 0.0476. The fourth-order valence-corrected chi connectivity index (χ4v) is 2.65. The first-order chi connectivity index (χ1) is 13.0. The Bertz CT molecular complexity index is 985. The van der Waals surface area contributed by atoms with Crippen molar-refractivity contribution in [2.45, 2.75) is 6.92 Å². The first-order valence-corrected chi connectivity index (χ1v) is 8.65. The molecule has 3 N–H and O–H groups in total. The van der Waals surface area contributed by atoms with Gasteiger partial charge in [-0.25, -0.2) is 5.43 Å². The number of carbonyl (C=O) groups excluding carboxylic acids is 1. The molecule has 136 valence electrons. The molecule has 0 aliphatic carbocycles. The van der Waals surface area contributed by atoms with Crippen molar-refractivity contribution in [2.24, 2.45) is 5.10 Å². The zero-order valence-corrected chi connectivity index (χ0v) is 15.4. The van der Waals surface area contributed by atoms with E-state index in [1.807, 2.05) is 31.2 Å². The Morgan fingerprint density at radius 2 is 1.85 bits per heavy atom. The molecule has 0 aliphatic heterocycles. The number of nitrogens with one attached hydrogen (secondary N) is 2. The lowest BCUT2D eigenvalue weighted by Gasteiger charge is -2.12. The molecule has 3 aromatic carbocycles. The third kappa shape index (κ3) is 5.09. The van der Waals surface area contributed by atoms with Crippen LogP contribution in [-0.4, -0.2) is 17.2 Å². The van der Waals surface area contributed by atoms with E-state index < -0.39 is 0 Å². The molecule has 0 atom stereocenters. The maximum atomic E-state index is 12.5. The summed E-state index contributed by atoms with van der Waals surface area (Å²) in [5.41, 5.74) is 6.23. The monoisotopic (exact) mass is 379 g/mol. The van der Waals surface area contributed by atoms with Gasteiger partial charge in [0.1, 0.15) is 5.75 Å². The van der Waals surface area contributed by atoms with E-state index in [-0.39, 0.29) is 11.7 Å². The van der Waals surface area contributed by atoms with Gasteiger partial charge in [0.2, 0.25) is 0 Å². The molecule has 0 fully saturated rings. The van der Waals surface area contributed by atoms with Crippen molar-refractivity contribution in [1.82, 2.24) is 5.43 Å². The third-order valence-corrected chi connectivity index (χ3v) is 4.03. The summed E-state index contributed by atoms with van der Waals surface area (Å²) in [6.45, 7) is 1.99. The third-order valence-electron chi connectivity index (χ3n) is 3.80. The molecule has 0 spiro atoms.